The van der Waals surface area contributed by atoms with Crippen LogP contribution >= 0.6 is 0 Å². The Hall–Kier alpha value is -2.15. The average molecular weight is 290 g/mol. The van der Waals surface area contributed by atoms with Crippen LogP contribution < -0.4 is 10.6 Å². The van der Waals surface area contributed by atoms with Crippen LogP contribution in [0.4, 0.5) is 17.1 Å². The molecule has 0 saturated carbocycles. The molecule has 0 aliphatic carbocycles. The quantitative estimate of drug-likeness (QED) is 0.647. The van der Waals surface area contributed by atoms with E-state index in [-0.39, 0.29) is 18.0 Å². The molecule has 2 heterocycles. The van der Waals surface area contributed by atoms with E-state index in [4.69, 9.17) is 0 Å². The number of amides is 1. The Morgan fingerprint density at radius 2 is 2.33 bits per heavy atom. The number of nitrogens with one attached hydrogen (secondary N) is 2. The van der Waals surface area contributed by atoms with Crippen LogP contribution in [0.3, 0.4) is 0 Å². The second-order valence-electron chi connectivity index (χ2n) is 5.81. The first kappa shape index (κ1) is 13.8. The fraction of sp³-hybridized carbons (Fsp3) is 0.500. The molecule has 1 fully saturated rings. The molecule has 0 radical (unpaired) electrons. The summed E-state index contributed by atoms with van der Waals surface area (Å²) in [6, 6.07) is 3.17. The molecule has 7 heteroatoms. The maximum absolute atomic E-state index is 11.4. The number of hydrogen-bond donors (Lipinski definition) is 2. The van der Waals surface area contributed by atoms with Crippen LogP contribution in [0.1, 0.15) is 12.0 Å². The molecule has 1 aromatic rings. The molecule has 1 atom stereocenters. The summed E-state index contributed by atoms with van der Waals surface area (Å²) in [5.74, 6) is 0.381. The van der Waals surface area contributed by atoms with Crippen molar-refractivity contribution in [2.24, 2.45) is 5.92 Å². The Kier molecular flexibility index (Phi) is 3.50. The molecule has 2 aliphatic heterocycles. The number of nitrogens with zero attached hydrogens (tertiary/aromatic N) is 2. The van der Waals surface area contributed by atoms with Gasteiger partial charge in [0.25, 0.3) is 5.69 Å². The van der Waals surface area contributed by atoms with Gasteiger partial charge in [-0.3, -0.25) is 14.9 Å². The van der Waals surface area contributed by atoms with Crippen molar-refractivity contribution in [3.05, 3.63) is 27.8 Å². The van der Waals surface area contributed by atoms with Gasteiger partial charge in [-0.05, 0) is 37.6 Å². The van der Waals surface area contributed by atoms with Crippen molar-refractivity contribution >= 4 is 23.0 Å². The number of fused-ring (bicyclic) bond motifs is 1. The van der Waals surface area contributed by atoms with Crippen LogP contribution in [-0.2, 0) is 11.2 Å². The van der Waals surface area contributed by atoms with Crippen LogP contribution in [0.25, 0.3) is 0 Å². The molecule has 0 bridgehead atoms. The summed E-state index contributed by atoms with van der Waals surface area (Å²) in [7, 11) is 2.08. The highest BCUT2D eigenvalue weighted by Crippen LogP contribution is 2.34. The van der Waals surface area contributed by atoms with E-state index in [1.807, 2.05) is 0 Å². The van der Waals surface area contributed by atoms with Crippen molar-refractivity contribution < 1.29 is 9.72 Å². The normalized spacial score (nSPS) is 21.2. The third kappa shape index (κ3) is 2.82. The van der Waals surface area contributed by atoms with Gasteiger partial charge in [0, 0.05) is 24.8 Å². The number of carbonyl (C=O) groups excluding carboxylic acids is 1. The Morgan fingerprint density at radius 3 is 3.00 bits per heavy atom. The van der Waals surface area contributed by atoms with E-state index in [1.54, 1.807) is 6.07 Å². The third-order valence-electron chi connectivity index (χ3n) is 4.11. The van der Waals surface area contributed by atoms with E-state index < -0.39 is 4.92 Å². The second kappa shape index (κ2) is 5.33. The number of carbonyl (C=O) groups is 1. The lowest BCUT2D eigenvalue weighted by atomic mass is 10.1. The lowest BCUT2D eigenvalue weighted by molar-refractivity contribution is -0.384. The van der Waals surface area contributed by atoms with Crippen LogP contribution in [0.2, 0.25) is 0 Å². The molecular formula is C14H18N4O3. The summed E-state index contributed by atoms with van der Waals surface area (Å²) in [6.45, 7) is 2.77. The highest BCUT2D eigenvalue weighted by Gasteiger charge is 2.25. The molecule has 3 rings (SSSR count). The van der Waals surface area contributed by atoms with Gasteiger partial charge in [-0.1, -0.05) is 0 Å². The second-order valence-corrected chi connectivity index (χ2v) is 5.81. The van der Waals surface area contributed by atoms with E-state index in [9.17, 15) is 14.9 Å². The van der Waals surface area contributed by atoms with Crippen molar-refractivity contribution in [1.82, 2.24) is 4.90 Å². The lowest BCUT2D eigenvalue weighted by Gasteiger charge is -2.13. The maximum atomic E-state index is 11.4. The van der Waals surface area contributed by atoms with Gasteiger partial charge in [-0.15, -0.1) is 0 Å². The largest absolute Gasteiger partial charge is 0.379 e. The first-order valence-electron chi connectivity index (χ1n) is 7.06. The van der Waals surface area contributed by atoms with E-state index in [1.165, 1.54) is 6.07 Å². The summed E-state index contributed by atoms with van der Waals surface area (Å²) in [5, 5.41) is 17.1. The van der Waals surface area contributed by atoms with E-state index in [2.05, 4.69) is 22.6 Å². The molecule has 1 amide bonds. The molecule has 2 aliphatic rings. The number of likely N-dealkylation sites (tertiary alicyclic amines) is 1. The molecule has 21 heavy (non-hydrogen) atoms. The molecule has 7 nitrogen and oxygen atoms in total. The SMILES string of the molecule is CN1CCC(CNc2cc3c(cc2[N+](=O)[O-])CC(=O)N3)C1. The number of nitro groups is 1. The maximum Gasteiger partial charge on any atom is 0.292 e. The van der Waals surface area contributed by atoms with Crippen molar-refractivity contribution in [2.45, 2.75) is 12.8 Å². The highest BCUT2D eigenvalue weighted by molar-refractivity contribution is 6.00. The molecular weight excluding hydrogens is 272 g/mol. The van der Waals surface area contributed by atoms with Gasteiger partial charge in [0.15, 0.2) is 0 Å². The fourth-order valence-electron chi connectivity index (χ4n) is 3.00. The molecule has 1 saturated heterocycles. The average Bonchev–Trinajstić information content (AvgIpc) is 2.99. The van der Waals surface area contributed by atoms with Crippen LogP contribution in [0, 0.1) is 16.0 Å². The fourth-order valence-corrected chi connectivity index (χ4v) is 3.00. The van der Waals surface area contributed by atoms with Gasteiger partial charge in [0.05, 0.1) is 11.3 Å². The summed E-state index contributed by atoms with van der Waals surface area (Å²) < 4.78 is 0. The first-order chi connectivity index (χ1) is 10.0. The van der Waals surface area contributed by atoms with Crippen LogP contribution in [0.15, 0.2) is 12.1 Å². The standard InChI is InChI=1S/C14H18N4O3/c1-17-3-2-9(8-17)7-15-12-6-11-10(5-14(19)16-11)4-13(12)18(20)21/h4,6,9,15H,2-3,5,7-8H2,1H3,(H,16,19). The van der Waals surface area contributed by atoms with Gasteiger partial charge in [0.1, 0.15) is 5.69 Å². The minimum atomic E-state index is -0.397. The molecule has 0 spiro atoms. The first-order valence-corrected chi connectivity index (χ1v) is 7.06. The van der Waals surface area contributed by atoms with Gasteiger partial charge >= 0.3 is 0 Å². The summed E-state index contributed by atoms with van der Waals surface area (Å²) in [4.78, 5) is 24.4. The topological polar surface area (TPSA) is 87.5 Å². The van der Waals surface area contributed by atoms with Crippen molar-refractivity contribution in [3.8, 4) is 0 Å². The van der Waals surface area contributed by atoms with Crippen molar-refractivity contribution in [1.29, 1.82) is 0 Å². The number of benzene rings is 1. The van der Waals surface area contributed by atoms with Crippen LogP contribution in [-0.4, -0.2) is 42.4 Å². The van der Waals surface area contributed by atoms with E-state index in [0.717, 1.165) is 19.5 Å². The van der Waals surface area contributed by atoms with Crippen LogP contribution in [0.5, 0.6) is 0 Å². The zero-order valence-corrected chi connectivity index (χ0v) is 11.9. The molecule has 2 N–H and O–H groups in total. The molecule has 1 unspecified atom stereocenters. The highest BCUT2D eigenvalue weighted by atomic mass is 16.6. The predicted molar refractivity (Wildman–Crippen MR) is 79.5 cm³/mol. The zero-order valence-electron chi connectivity index (χ0n) is 11.9. The molecule has 1 aromatic carbocycles. The lowest BCUT2D eigenvalue weighted by Crippen LogP contribution is -2.19. The third-order valence-corrected chi connectivity index (χ3v) is 4.11. The van der Waals surface area contributed by atoms with Gasteiger partial charge in [0.2, 0.25) is 5.91 Å². The Balaban J connectivity index is 1.78. The van der Waals surface area contributed by atoms with Gasteiger partial charge in [-0.25, -0.2) is 0 Å². The van der Waals surface area contributed by atoms with Gasteiger partial charge in [-0.2, -0.15) is 0 Å². The van der Waals surface area contributed by atoms with Crippen molar-refractivity contribution in [2.75, 3.05) is 37.3 Å². The van der Waals surface area contributed by atoms with E-state index >= 15 is 0 Å². The summed E-state index contributed by atoms with van der Waals surface area (Å²) in [6.07, 6.45) is 1.31. The monoisotopic (exact) mass is 290 g/mol. The number of nitro benzene ring substituents is 1. The zero-order chi connectivity index (χ0) is 15.0. The van der Waals surface area contributed by atoms with Gasteiger partial charge < -0.3 is 15.5 Å². The number of hydrogen-bond acceptors (Lipinski definition) is 5. The Morgan fingerprint density at radius 1 is 1.52 bits per heavy atom. The minimum Gasteiger partial charge on any atom is -0.379 e. The summed E-state index contributed by atoms with van der Waals surface area (Å²) in [5.41, 5.74) is 1.89. The van der Waals surface area contributed by atoms with E-state index in [0.29, 0.717) is 29.4 Å². The molecule has 0 aromatic heterocycles. The predicted octanol–water partition coefficient (Wildman–Crippen LogP) is 1.45. The Bertz CT molecular complexity index is 602. The summed E-state index contributed by atoms with van der Waals surface area (Å²) >= 11 is 0. The molecule has 112 valence electrons. The van der Waals surface area contributed by atoms with Crippen molar-refractivity contribution in [3.63, 3.8) is 0 Å². The Labute approximate surface area is 122 Å². The number of anilines is 2. The number of rotatable bonds is 4. The minimum absolute atomic E-state index is 0.0385. The smallest absolute Gasteiger partial charge is 0.292 e.